The average Bonchev–Trinajstić information content (AvgIpc) is 3.09. The van der Waals surface area contributed by atoms with Gasteiger partial charge in [0.1, 0.15) is 6.54 Å². The van der Waals surface area contributed by atoms with Gasteiger partial charge in [-0.05, 0) is 38.8 Å². The lowest BCUT2D eigenvalue weighted by Gasteiger charge is -2.24. The third-order valence-electron chi connectivity index (χ3n) is 4.50. The second-order valence-electron chi connectivity index (χ2n) is 6.84. The molecule has 2 rings (SSSR count). The molecule has 0 aliphatic carbocycles. The number of carbonyl (C=O) groups is 1. The number of halogens is 1. The summed E-state index contributed by atoms with van der Waals surface area (Å²) < 4.78 is 5.78. The minimum absolute atomic E-state index is 0. The summed E-state index contributed by atoms with van der Waals surface area (Å²) in [4.78, 5) is 22.7. The molecule has 152 valence electrons. The normalized spacial score (nSPS) is 19.3. The second-order valence-corrected chi connectivity index (χ2v) is 6.84. The second kappa shape index (κ2) is 12.1. The van der Waals surface area contributed by atoms with Gasteiger partial charge in [0.05, 0.1) is 5.60 Å². The highest BCUT2D eigenvalue weighted by Gasteiger charge is 2.29. The van der Waals surface area contributed by atoms with Gasteiger partial charge in [0, 0.05) is 51.6 Å². The van der Waals surface area contributed by atoms with Crippen molar-refractivity contribution >= 4 is 35.8 Å². The molecule has 27 heavy (non-hydrogen) atoms. The molecule has 7 nitrogen and oxygen atoms in total. The van der Waals surface area contributed by atoms with E-state index in [0.717, 1.165) is 38.1 Å². The van der Waals surface area contributed by atoms with Gasteiger partial charge in [-0.2, -0.15) is 0 Å². The minimum Gasteiger partial charge on any atom is -0.373 e. The number of pyridine rings is 1. The first kappa shape index (κ1) is 23.6. The first-order valence-electron chi connectivity index (χ1n) is 9.32. The third-order valence-corrected chi connectivity index (χ3v) is 4.50. The topological polar surface area (TPSA) is 78.9 Å². The molecule has 1 saturated heterocycles. The molecule has 1 unspecified atom stereocenters. The zero-order chi connectivity index (χ0) is 18.8. The van der Waals surface area contributed by atoms with E-state index in [2.05, 4.69) is 27.5 Å². The molecule has 1 aromatic heterocycles. The maximum Gasteiger partial charge on any atom is 0.244 e. The number of amides is 1. The Labute approximate surface area is 179 Å². The van der Waals surface area contributed by atoms with Crippen molar-refractivity contribution in [3.8, 4) is 0 Å². The molecule has 8 heteroatoms. The van der Waals surface area contributed by atoms with Crippen molar-refractivity contribution in [1.29, 1.82) is 0 Å². The molecular weight excluding hydrogens is 457 g/mol. The Morgan fingerprint density at radius 2 is 2.22 bits per heavy atom. The minimum atomic E-state index is -0.153. The van der Waals surface area contributed by atoms with Crippen molar-refractivity contribution < 1.29 is 9.53 Å². The van der Waals surface area contributed by atoms with E-state index >= 15 is 0 Å². The molecule has 0 saturated carbocycles. The number of likely N-dealkylation sites (N-methyl/N-ethyl adjacent to an activating group) is 1. The van der Waals surface area contributed by atoms with Gasteiger partial charge in [-0.15, -0.1) is 24.0 Å². The molecule has 2 heterocycles. The van der Waals surface area contributed by atoms with Crippen LogP contribution >= 0.6 is 24.0 Å². The van der Waals surface area contributed by atoms with Crippen LogP contribution in [0.5, 0.6) is 0 Å². The SMILES string of the molecule is CCNC(=NCC(=O)N(C)CCc1ccccn1)NCC1(C)CCCO1.I. The number of aromatic nitrogens is 1. The van der Waals surface area contributed by atoms with Gasteiger partial charge in [-0.3, -0.25) is 9.78 Å². The van der Waals surface area contributed by atoms with E-state index in [1.54, 1.807) is 18.1 Å². The summed E-state index contributed by atoms with van der Waals surface area (Å²) in [5.41, 5.74) is 0.829. The number of hydrogen-bond donors (Lipinski definition) is 2. The van der Waals surface area contributed by atoms with E-state index in [9.17, 15) is 4.79 Å². The van der Waals surface area contributed by atoms with E-state index in [-0.39, 0.29) is 42.0 Å². The van der Waals surface area contributed by atoms with Gasteiger partial charge in [0.2, 0.25) is 5.91 Å². The van der Waals surface area contributed by atoms with Gasteiger partial charge in [-0.1, -0.05) is 6.07 Å². The van der Waals surface area contributed by atoms with Crippen molar-refractivity contribution in [2.75, 3.05) is 39.8 Å². The molecule has 0 radical (unpaired) electrons. The molecule has 1 aromatic rings. The largest absolute Gasteiger partial charge is 0.373 e. The molecule has 0 bridgehead atoms. The van der Waals surface area contributed by atoms with Gasteiger partial charge in [0.25, 0.3) is 0 Å². The highest BCUT2D eigenvalue weighted by molar-refractivity contribution is 14.0. The number of nitrogens with zero attached hydrogens (tertiary/aromatic N) is 3. The maximum absolute atomic E-state index is 12.3. The first-order valence-corrected chi connectivity index (χ1v) is 9.32. The van der Waals surface area contributed by atoms with Crippen LogP contribution in [-0.2, 0) is 16.0 Å². The highest BCUT2D eigenvalue weighted by Crippen LogP contribution is 2.23. The van der Waals surface area contributed by atoms with Crippen LogP contribution in [0.1, 0.15) is 32.4 Å². The molecule has 1 amide bonds. The van der Waals surface area contributed by atoms with Crippen LogP contribution in [0.4, 0.5) is 0 Å². The fourth-order valence-electron chi connectivity index (χ4n) is 2.81. The number of nitrogens with one attached hydrogen (secondary N) is 2. The first-order chi connectivity index (χ1) is 12.5. The fraction of sp³-hybridized carbons (Fsp3) is 0.632. The van der Waals surface area contributed by atoms with Crippen LogP contribution in [0.15, 0.2) is 29.4 Å². The van der Waals surface area contributed by atoms with E-state index in [4.69, 9.17) is 4.74 Å². The third kappa shape index (κ3) is 8.42. The highest BCUT2D eigenvalue weighted by atomic mass is 127. The van der Waals surface area contributed by atoms with Crippen molar-refractivity contribution in [1.82, 2.24) is 20.5 Å². The quantitative estimate of drug-likeness (QED) is 0.331. The molecule has 0 aromatic carbocycles. The number of carbonyl (C=O) groups excluding carboxylic acids is 1. The van der Waals surface area contributed by atoms with E-state index in [0.29, 0.717) is 19.0 Å². The number of hydrogen-bond acceptors (Lipinski definition) is 4. The van der Waals surface area contributed by atoms with Crippen molar-refractivity contribution in [3.05, 3.63) is 30.1 Å². The Balaban J connectivity index is 0.00000364. The summed E-state index contributed by atoms with van der Waals surface area (Å²) in [5, 5.41) is 6.47. The van der Waals surface area contributed by atoms with Crippen molar-refractivity contribution in [2.45, 2.75) is 38.7 Å². The van der Waals surface area contributed by atoms with Gasteiger partial charge >= 0.3 is 0 Å². The van der Waals surface area contributed by atoms with Crippen molar-refractivity contribution in [3.63, 3.8) is 0 Å². The Morgan fingerprint density at radius 1 is 1.41 bits per heavy atom. The zero-order valence-corrected chi connectivity index (χ0v) is 18.9. The van der Waals surface area contributed by atoms with Gasteiger partial charge < -0.3 is 20.3 Å². The Kier molecular flexibility index (Phi) is 10.6. The summed E-state index contributed by atoms with van der Waals surface area (Å²) in [5.74, 6) is 0.636. The molecular formula is C19H32IN5O2. The number of ether oxygens (including phenoxy) is 1. The predicted molar refractivity (Wildman–Crippen MR) is 119 cm³/mol. The molecule has 0 spiro atoms. The Bertz CT molecular complexity index is 591. The lowest BCUT2D eigenvalue weighted by Crippen LogP contribution is -2.46. The standard InChI is InChI=1S/C19H31N5O2.HI/c1-4-20-18(23-15-19(2)10-7-13-26-19)22-14-17(25)24(3)12-9-16-8-5-6-11-21-16;/h5-6,8,11H,4,7,9-10,12-15H2,1-3H3,(H2,20,22,23);1H. The summed E-state index contributed by atoms with van der Waals surface area (Å²) in [6.45, 7) is 7.09. The Hall–Kier alpha value is -1.42. The molecule has 1 aliphatic heterocycles. The maximum atomic E-state index is 12.3. The average molecular weight is 489 g/mol. The van der Waals surface area contributed by atoms with Crippen LogP contribution in [-0.4, -0.2) is 67.2 Å². The monoisotopic (exact) mass is 489 g/mol. The van der Waals surface area contributed by atoms with Gasteiger partial charge in [-0.25, -0.2) is 4.99 Å². The van der Waals surface area contributed by atoms with Crippen LogP contribution in [0.2, 0.25) is 0 Å². The number of aliphatic imine (C=N–C) groups is 1. The fourth-order valence-corrected chi connectivity index (χ4v) is 2.81. The lowest BCUT2D eigenvalue weighted by molar-refractivity contribution is -0.128. The molecule has 2 N–H and O–H groups in total. The van der Waals surface area contributed by atoms with Crippen LogP contribution in [0.3, 0.4) is 0 Å². The molecule has 1 atom stereocenters. The van der Waals surface area contributed by atoms with E-state index in [1.165, 1.54) is 0 Å². The zero-order valence-electron chi connectivity index (χ0n) is 16.5. The summed E-state index contributed by atoms with van der Waals surface area (Å²) in [6, 6.07) is 5.81. The summed E-state index contributed by atoms with van der Waals surface area (Å²) >= 11 is 0. The molecule has 1 fully saturated rings. The Morgan fingerprint density at radius 3 is 2.85 bits per heavy atom. The number of guanidine groups is 1. The van der Waals surface area contributed by atoms with Crippen molar-refractivity contribution in [2.24, 2.45) is 4.99 Å². The van der Waals surface area contributed by atoms with Crippen LogP contribution < -0.4 is 10.6 Å². The van der Waals surface area contributed by atoms with Crippen LogP contribution in [0, 0.1) is 0 Å². The predicted octanol–water partition coefficient (Wildman–Crippen LogP) is 1.82. The lowest BCUT2D eigenvalue weighted by atomic mass is 10.0. The van der Waals surface area contributed by atoms with Gasteiger partial charge in [0.15, 0.2) is 5.96 Å². The van der Waals surface area contributed by atoms with Crippen LogP contribution in [0.25, 0.3) is 0 Å². The van der Waals surface area contributed by atoms with E-state index in [1.807, 2.05) is 25.1 Å². The smallest absolute Gasteiger partial charge is 0.244 e. The molecule has 1 aliphatic rings. The van der Waals surface area contributed by atoms with E-state index < -0.39 is 0 Å². The summed E-state index contributed by atoms with van der Waals surface area (Å²) in [6.07, 6.45) is 4.63. The number of rotatable bonds is 8. The summed E-state index contributed by atoms with van der Waals surface area (Å²) in [7, 11) is 1.80.